The summed E-state index contributed by atoms with van der Waals surface area (Å²) >= 11 is 0. The average molecular weight is 239 g/mol. The second kappa shape index (κ2) is 5.31. The Morgan fingerprint density at radius 1 is 1.59 bits per heavy atom. The molecule has 0 aliphatic carbocycles. The molecule has 1 saturated heterocycles. The van der Waals surface area contributed by atoms with Crippen molar-refractivity contribution in [3.63, 3.8) is 0 Å². The zero-order valence-corrected chi connectivity index (χ0v) is 9.56. The number of nitrogen functional groups attached to an aromatic ring is 1. The molecule has 0 spiro atoms. The highest BCUT2D eigenvalue weighted by Crippen LogP contribution is 2.17. The van der Waals surface area contributed by atoms with Gasteiger partial charge in [-0.05, 0) is 18.9 Å². The molecule has 1 aliphatic rings. The van der Waals surface area contributed by atoms with Gasteiger partial charge in [0.15, 0.2) is 0 Å². The van der Waals surface area contributed by atoms with E-state index >= 15 is 0 Å². The first-order valence-electron chi connectivity index (χ1n) is 5.68. The quantitative estimate of drug-likeness (QED) is 0.387. The average Bonchev–Trinajstić information content (AvgIpc) is 2.79. The molecular weight excluding hydrogens is 222 g/mol. The number of hydrogen-bond acceptors (Lipinski definition) is 5. The van der Waals surface area contributed by atoms with E-state index in [1.54, 1.807) is 6.07 Å². The Morgan fingerprint density at radius 3 is 2.94 bits per heavy atom. The molecule has 1 fully saturated rings. The molecule has 4 N–H and O–H groups in total. The van der Waals surface area contributed by atoms with Gasteiger partial charge in [-0.3, -0.25) is 15.1 Å². The molecule has 1 amide bonds. The summed E-state index contributed by atoms with van der Waals surface area (Å²) in [7, 11) is 0. The van der Waals surface area contributed by atoms with Crippen LogP contribution in [0.1, 0.15) is 29.0 Å². The summed E-state index contributed by atoms with van der Waals surface area (Å²) in [4.78, 5) is 13.6. The molecule has 1 aromatic heterocycles. The van der Waals surface area contributed by atoms with E-state index in [0.717, 1.165) is 25.9 Å². The zero-order chi connectivity index (χ0) is 12.3. The number of amides is 1. The number of aliphatic hydroxyl groups excluding tert-OH is 1. The van der Waals surface area contributed by atoms with E-state index in [1.807, 2.05) is 0 Å². The van der Waals surface area contributed by atoms with Crippen LogP contribution in [0.4, 0.5) is 0 Å². The van der Waals surface area contributed by atoms with E-state index in [0.29, 0.717) is 17.9 Å². The predicted molar refractivity (Wildman–Crippen MR) is 60.9 cm³/mol. The number of likely N-dealkylation sites (tertiary alicyclic amines) is 1. The number of furan rings is 1. The fourth-order valence-electron chi connectivity index (χ4n) is 2.02. The van der Waals surface area contributed by atoms with E-state index < -0.39 is 0 Å². The highest BCUT2D eigenvalue weighted by atomic mass is 16.3. The molecule has 0 aromatic carbocycles. The summed E-state index contributed by atoms with van der Waals surface area (Å²) in [5.74, 6) is 5.37. The normalized spacial score (nSPS) is 18.2. The molecule has 0 saturated carbocycles. The van der Waals surface area contributed by atoms with Crippen LogP contribution in [0.5, 0.6) is 0 Å². The van der Waals surface area contributed by atoms with Gasteiger partial charge in [0.1, 0.15) is 5.76 Å². The van der Waals surface area contributed by atoms with Gasteiger partial charge in [-0.15, -0.1) is 0 Å². The molecule has 0 unspecified atom stereocenters. The van der Waals surface area contributed by atoms with Crippen molar-refractivity contribution in [3.05, 3.63) is 23.7 Å². The second-order valence-electron chi connectivity index (χ2n) is 4.24. The molecule has 6 nitrogen and oxygen atoms in total. The van der Waals surface area contributed by atoms with Crippen LogP contribution >= 0.6 is 0 Å². The molecular formula is C11H17N3O3. The number of piperidine rings is 1. The van der Waals surface area contributed by atoms with Crippen LogP contribution < -0.4 is 11.3 Å². The number of aliphatic hydroxyl groups is 1. The van der Waals surface area contributed by atoms with Crippen molar-refractivity contribution in [2.45, 2.75) is 25.5 Å². The zero-order valence-electron chi connectivity index (χ0n) is 9.56. The van der Waals surface area contributed by atoms with Gasteiger partial charge in [0.25, 0.3) is 5.91 Å². The van der Waals surface area contributed by atoms with Crippen LogP contribution in [0.15, 0.2) is 16.7 Å². The van der Waals surface area contributed by atoms with E-state index in [4.69, 9.17) is 10.3 Å². The first-order valence-corrected chi connectivity index (χ1v) is 5.68. The number of carbonyl (C=O) groups is 1. The summed E-state index contributed by atoms with van der Waals surface area (Å²) in [6.07, 6.45) is 2.81. The van der Waals surface area contributed by atoms with Crippen LogP contribution in [-0.2, 0) is 6.54 Å². The van der Waals surface area contributed by atoms with Gasteiger partial charge in [-0.1, -0.05) is 0 Å². The third-order valence-corrected chi connectivity index (χ3v) is 3.05. The molecule has 1 aliphatic heterocycles. The number of nitrogens with two attached hydrogens (primary N) is 1. The number of hydrogen-bond donors (Lipinski definition) is 3. The Labute approximate surface area is 99.3 Å². The van der Waals surface area contributed by atoms with E-state index in [1.165, 1.54) is 6.26 Å². The largest absolute Gasteiger partial charge is 0.467 e. The Hall–Kier alpha value is -1.37. The number of nitrogens with zero attached hydrogens (tertiary/aromatic N) is 1. The molecule has 94 valence electrons. The minimum atomic E-state index is -0.342. The van der Waals surface area contributed by atoms with Crippen LogP contribution in [0.3, 0.4) is 0 Å². The second-order valence-corrected chi connectivity index (χ2v) is 4.24. The number of rotatable bonds is 3. The molecule has 2 rings (SSSR count). The first-order chi connectivity index (χ1) is 8.20. The maximum atomic E-state index is 11.4. The lowest BCUT2D eigenvalue weighted by atomic mass is 10.1. The van der Waals surface area contributed by atoms with Crippen molar-refractivity contribution in [1.29, 1.82) is 0 Å². The summed E-state index contributed by atoms with van der Waals surface area (Å²) in [5.41, 5.74) is 2.57. The maximum absolute atomic E-state index is 11.4. The van der Waals surface area contributed by atoms with Gasteiger partial charge in [-0.2, -0.15) is 0 Å². The van der Waals surface area contributed by atoms with Crippen LogP contribution in [0.2, 0.25) is 0 Å². The van der Waals surface area contributed by atoms with Gasteiger partial charge in [0.05, 0.1) is 24.5 Å². The molecule has 1 aromatic rings. The lowest BCUT2D eigenvalue weighted by molar-refractivity contribution is 0.0752. The monoisotopic (exact) mass is 239 g/mol. The summed E-state index contributed by atoms with van der Waals surface area (Å²) in [6.45, 7) is 2.19. The fraction of sp³-hybridized carbons (Fsp3) is 0.545. The highest BCUT2D eigenvalue weighted by Gasteiger charge is 2.21. The number of hydrazine groups is 1. The predicted octanol–water partition coefficient (Wildman–Crippen LogP) is -0.160. The van der Waals surface area contributed by atoms with Crippen molar-refractivity contribution < 1.29 is 14.3 Å². The van der Waals surface area contributed by atoms with Crippen LogP contribution in [0, 0.1) is 0 Å². The molecule has 0 bridgehead atoms. The Bertz CT molecular complexity index is 383. The summed E-state index contributed by atoms with van der Waals surface area (Å²) in [5, 5.41) is 9.40. The first kappa shape index (κ1) is 12.1. The minimum absolute atomic E-state index is 0.199. The van der Waals surface area contributed by atoms with Crippen molar-refractivity contribution in [2.24, 2.45) is 5.84 Å². The molecule has 17 heavy (non-hydrogen) atoms. The summed E-state index contributed by atoms with van der Waals surface area (Å²) < 4.78 is 5.30. The molecule has 0 radical (unpaired) electrons. The molecule has 0 atom stereocenters. The Balaban J connectivity index is 1.99. The van der Waals surface area contributed by atoms with Crippen molar-refractivity contribution >= 4 is 5.91 Å². The SMILES string of the molecule is NNC(=O)c1ccoc1CN1CCC(O)CC1. The van der Waals surface area contributed by atoms with Gasteiger partial charge in [0.2, 0.25) is 0 Å². The number of nitrogens with one attached hydrogen (secondary N) is 1. The molecule has 6 heteroatoms. The lowest BCUT2D eigenvalue weighted by Gasteiger charge is -2.28. The third-order valence-electron chi connectivity index (χ3n) is 3.05. The van der Waals surface area contributed by atoms with Crippen LogP contribution in [0.25, 0.3) is 0 Å². The van der Waals surface area contributed by atoms with Crippen molar-refractivity contribution in [3.8, 4) is 0 Å². The van der Waals surface area contributed by atoms with Gasteiger partial charge < -0.3 is 9.52 Å². The highest BCUT2D eigenvalue weighted by molar-refractivity contribution is 5.94. The summed E-state index contributed by atoms with van der Waals surface area (Å²) in [6, 6.07) is 1.61. The third kappa shape index (κ3) is 2.85. The van der Waals surface area contributed by atoms with Gasteiger partial charge in [-0.25, -0.2) is 5.84 Å². The van der Waals surface area contributed by atoms with E-state index in [-0.39, 0.29) is 12.0 Å². The standard InChI is InChI=1S/C11H17N3O3/c12-13-11(16)9-3-6-17-10(9)7-14-4-1-8(15)2-5-14/h3,6,8,15H,1-2,4-5,7,12H2,(H,13,16). The van der Waals surface area contributed by atoms with Crippen molar-refractivity contribution in [2.75, 3.05) is 13.1 Å². The minimum Gasteiger partial charge on any atom is -0.467 e. The maximum Gasteiger partial charge on any atom is 0.268 e. The fourth-order valence-corrected chi connectivity index (χ4v) is 2.02. The van der Waals surface area contributed by atoms with Crippen LogP contribution in [-0.4, -0.2) is 35.1 Å². The van der Waals surface area contributed by atoms with E-state index in [2.05, 4.69) is 10.3 Å². The Morgan fingerprint density at radius 2 is 2.29 bits per heavy atom. The Kier molecular flexibility index (Phi) is 3.78. The smallest absolute Gasteiger partial charge is 0.268 e. The van der Waals surface area contributed by atoms with Gasteiger partial charge >= 0.3 is 0 Å². The molecule has 2 heterocycles. The van der Waals surface area contributed by atoms with E-state index in [9.17, 15) is 9.90 Å². The topological polar surface area (TPSA) is 91.7 Å². The van der Waals surface area contributed by atoms with Gasteiger partial charge in [0, 0.05) is 13.1 Å². The number of carbonyl (C=O) groups excluding carboxylic acids is 1. The van der Waals surface area contributed by atoms with Crippen molar-refractivity contribution in [1.82, 2.24) is 10.3 Å². The lowest BCUT2D eigenvalue weighted by Crippen LogP contribution is -2.36.